The van der Waals surface area contributed by atoms with E-state index in [1.54, 1.807) is 14.2 Å². The molecular weight excluding hydrogens is 442 g/mol. The highest BCUT2D eigenvalue weighted by atomic mass is 16.5. The Morgan fingerprint density at radius 3 is 2.69 bits per heavy atom. The number of allylic oxidation sites excluding steroid dienone is 2. The Bertz CT molecular complexity index is 1030. The van der Waals surface area contributed by atoms with Crippen molar-refractivity contribution in [2.45, 2.75) is 52.2 Å². The Kier molecular flexibility index (Phi) is 7.43. The minimum Gasteiger partial charge on any atom is -0.493 e. The molecule has 1 aromatic rings. The molecule has 2 N–H and O–H groups in total. The van der Waals surface area contributed by atoms with Crippen molar-refractivity contribution in [2.24, 2.45) is 22.7 Å². The monoisotopic (exact) mass is 481 g/mol. The van der Waals surface area contributed by atoms with Crippen LogP contribution in [0.15, 0.2) is 54.2 Å². The summed E-state index contributed by atoms with van der Waals surface area (Å²) in [7, 11) is 3.28. The molecule has 6 nitrogen and oxygen atoms in total. The summed E-state index contributed by atoms with van der Waals surface area (Å²) in [5.74, 6) is 1.65. The van der Waals surface area contributed by atoms with Crippen LogP contribution in [0.3, 0.4) is 0 Å². The number of benzene rings is 1. The van der Waals surface area contributed by atoms with Gasteiger partial charge in [-0.1, -0.05) is 44.2 Å². The van der Waals surface area contributed by atoms with Crippen LogP contribution in [-0.4, -0.2) is 44.6 Å². The zero-order chi connectivity index (χ0) is 25.2. The molecule has 0 amide bonds. The highest BCUT2D eigenvalue weighted by Gasteiger charge is 2.57. The van der Waals surface area contributed by atoms with Gasteiger partial charge in [-0.3, -0.25) is 0 Å². The lowest BCUT2D eigenvalue weighted by Crippen LogP contribution is -2.58. The van der Waals surface area contributed by atoms with Gasteiger partial charge < -0.3 is 24.6 Å². The number of ether oxygens (including phenoxy) is 3. The molecule has 0 spiro atoms. The van der Waals surface area contributed by atoms with Crippen LogP contribution in [0.1, 0.15) is 45.1 Å². The van der Waals surface area contributed by atoms with Gasteiger partial charge in [0, 0.05) is 24.4 Å². The summed E-state index contributed by atoms with van der Waals surface area (Å²) in [5.41, 5.74) is 2.63. The molecule has 1 aliphatic heterocycles. The van der Waals surface area contributed by atoms with Gasteiger partial charge in [-0.2, -0.15) is 0 Å². The van der Waals surface area contributed by atoms with E-state index in [0.717, 1.165) is 31.2 Å². The molecule has 0 bridgehead atoms. The molecule has 5 atom stereocenters. The number of rotatable bonds is 8. The first-order chi connectivity index (χ1) is 16.7. The van der Waals surface area contributed by atoms with Crippen molar-refractivity contribution in [3.8, 4) is 11.5 Å². The number of hydrogen-bond acceptors (Lipinski definition) is 6. The third kappa shape index (κ3) is 4.78. The number of methoxy groups -OCH3 is 2. The molecule has 1 heterocycles. The van der Waals surface area contributed by atoms with Crippen molar-refractivity contribution < 1.29 is 24.1 Å². The lowest BCUT2D eigenvalue weighted by Gasteiger charge is -2.60. The molecule has 190 valence electrons. The maximum absolute atomic E-state index is 11.9. The van der Waals surface area contributed by atoms with E-state index >= 15 is 0 Å². The van der Waals surface area contributed by atoms with Crippen LogP contribution in [0.4, 0.5) is 0 Å². The van der Waals surface area contributed by atoms with Gasteiger partial charge in [0.2, 0.25) is 0 Å². The fraction of sp³-hybridized carbons (Fsp3) is 0.552. The Hall–Kier alpha value is -2.57. The van der Waals surface area contributed by atoms with Crippen LogP contribution in [0, 0.1) is 22.7 Å². The summed E-state index contributed by atoms with van der Waals surface area (Å²) < 4.78 is 15.8. The topological polar surface area (TPSA) is 77.0 Å². The number of cyclic esters (lactones) is 1. The largest absolute Gasteiger partial charge is 0.493 e. The van der Waals surface area contributed by atoms with Crippen LogP contribution in [0.2, 0.25) is 0 Å². The molecule has 2 fully saturated rings. The van der Waals surface area contributed by atoms with E-state index in [9.17, 15) is 9.90 Å². The standard InChI is InChI=1S/C29H39NO5/c1-19-6-11-25-28(2,22(19)9-8-21-13-15-35-27(21)32)14-12-26(31)29(25,3)18-30-17-20-7-10-23(33-4)24(16-20)34-5/h7-10,13,16,22,25-26,30-31H,1,6,11-12,14-15,17-18H2,2-5H3/b9-8+/t22-,25+,26-,28+,29+/m1/s1. The zero-order valence-electron chi connectivity index (χ0n) is 21.4. The van der Waals surface area contributed by atoms with Crippen molar-refractivity contribution in [2.75, 3.05) is 27.4 Å². The molecule has 0 radical (unpaired) electrons. The zero-order valence-corrected chi connectivity index (χ0v) is 21.4. The molecule has 4 rings (SSSR count). The fourth-order valence-electron chi connectivity index (χ4n) is 6.69. The van der Waals surface area contributed by atoms with E-state index in [4.69, 9.17) is 14.2 Å². The number of nitrogens with one attached hydrogen (secondary N) is 1. The SMILES string of the molecule is C=C1CC[C@@H]2[C@](C)(CNCc3ccc(OC)c(OC)c3)[C@H](O)CC[C@@]2(C)[C@@H]1/C=C/C1=CCOC1=O. The molecule has 6 heteroatoms. The first-order valence-electron chi connectivity index (χ1n) is 12.6. The van der Waals surface area contributed by atoms with Gasteiger partial charge in [-0.05, 0) is 60.8 Å². The quantitative estimate of drug-likeness (QED) is 0.418. The molecule has 0 saturated heterocycles. The van der Waals surface area contributed by atoms with Gasteiger partial charge in [0.25, 0.3) is 0 Å². The third-order valence-electron chi connectivity index (χ3n) is 8.72. The Labute approximate surface area is 209 Å². The summed E-state index contributed by atoms with van der Waals surface area (Å²) in [6.45, 7) is 10.7. The molecule has 2 saturated carbocycles. The molecule has 0 unspecified atom stereocenters. The van der Waals surface area contributed by atoms with Crippen LogP contribution in [0.25, 0.3) is 0 Å². The molecule has 2 aliphatic carbocycles. The second-order valence-corrected chi connectivity index (χ2v) is 10.7. The van der Waals surface area contributed by atoms with Crippen molar-refractivity contribution >= 4 is 5.97 Å². The number of aliphatic hydroxyl groups is 1. The molecule has 1 aromatic carbocycles. The second-order valence-electron chi connectivity index (χ2n) is 10.7. The lowest BCUT2D eigenvalue weighted by atomic mass is 9.46. The number of fused-ring (bicyclic) bond motifs is 1. The molecule has 0 aromatic heterocycles. The molecule has 35 heavy (non-hydrogen) atoms. The Balaban J connectivity index is 1.51. The van der Waals surface area contributed by atoms with Crippen LogP contribution in [-0.2, 0) is 16.1 Å². The Morgan fingerprint density at radius 2 is 2.00 bits per heavy atom. The summed E-state index contributed by atoms with van der Waals surface area (Å²) in [6, 6.07) is 5.94. The average Bonchev–Trinajstić information content (AvgIpc) is 3.25. The lowest BCUT2D eigenvalue weighted by molar-refractivity contribution is -0.135. The minimum absolute atomic E-state index is 0.0338. The second kappa shape index (κ2) is 10.2. The number of carbonyl (C=O) groups is 1. The number of hydrogen-bond donors (Lipinski definition) is 2. The van der Waals surface area contributed by atoms with Gasteiger partial charge in [-0.15, -0.1) is 0 Å². The number of aliphatic hydroxyl groups excluding tert-OH is 1. The molecular formula is C29H39NO5. The maximum Gasteiger partial charge on any atom is 0.338 e. The van der Waals surface area contributed by atoms with Gasteiger partial charge in [0.1, 0.15) is 6.61 Å². The van der Waals surface area contributed by atoms with E-state index in [1.807, 2.05) is 30.4 Å². The van der Waals surface area contributed by atoms with Crippen molar-refractivity contribution in [3.63, 3.8) is 0 Å². The van der Waals surface area contributed by atoms with E-state index in [2.05, 4.69) is 31.8 Å². The van der Waals surface area contributed by atoms with Crippen LogP contribution in [0.5, 0.6) is 11.5 Å². The van der Waals surface area contributed by atoms with E-state index in [-0.39, 0.29) is 28.8 Å². The van der Waals surface area contributed by atoms with E-state index in [0.29, 0.717) is 42.7 Å². The third-order valence-corrected chi connectivity index (χ3v) is 8.72. The summed E-state index contributed by atoms with van der Waals surface area (Å²) in [4.78, 5) is 11.9. The number of esters is 1. The summed E-state index contributed by atoms with van der Waals surface area (Å²) >= 11 is 0. The van der Waals surface area contributed by atoms with Crippen molar-refractivity contribution in [1.82, 2.24) is 5.32 Å². The van der Waals surface area contributed by atoms with Gasteiger partial charge in [0.05, 0.1) is 25.9 Å². The number of carbonyl (C=O) groups excluding carboxylic acids is 1. The molecule has 3 aliphatic rings. The van der Waals surface area contributed by atoms with Crippen molar-refractivity contribution in [1.29, 1.82) is 0 Å². The summed E-state index contributed by atoms with van der Waals surface area (Å²) in [5, 5.41) is 14.9. The van der Waals surface area contributed by atoms with Gasteiger partial charge >= 0.3 is 5.97 Å². The Morgan fingerprint density at radius 1 is 1.23 bits per heavy atom. The van der Waals surface area contributed by atoms with Crippen molar-refractivity contribution in [3.05, 3.63) is 59.7 Å². The maximum atomic E-state index is 11.9. The predicted molar refractivity (Wildman–Crippen MR) is 136 cm³/mol. The first kappa shape index (κ1) is 25.5. The van der Waals surface area contributed by atoms with Crippen LogP contribution < -0.4 is 14.8 Å². The average molecular weight is 482 g/mol. The summed E-state index contributed by atoms with van der Waals surface area (Å²) in [6.07, 6.45) is 9.15. The van der Waals surface area contributed by atoms with Gasteiger partial charge in [0.15, 0.2) is 11.5 Å². The fourth-order valence-corrected chi connectivity index (χ4v) is 6.69. The smallest absolute Gasteiger partial charge is 0.338 e. The highest BCUT2D eigenvalue weighted by Crippen LogP contribution is 2.61. The van der Waals surface area contributed by atoms with Crippen LogP contribution >= 0.6 is 0 Å². The highest BCUT2D eigenvalue weighted by molar-refractivity contribution is 5.93. The normalized spacial score (nSPS) is 32.8. The first-order valence-corrected chi connectivity index (χ1v) is 12.6. The minimum atomic E-state index is -0.373. The van der Waals surface area contributed by atoms with Gasteiger partial charge in [-0.25, -0.2) is 4.79 Å². The predicted octanol–water partition coefficient (Wildman–Crippen LogP) is 4.58. The van der Waals surface area contributed by atoms with E-state index < -0.39 is 0 Å². The van der Waals surface area contributed by atoms with E-state index in [1.165, 1.54) is 5.57 Å².